The Labute approximate surface area is 114 Å². The lowest BCUT2D eigenvalue weighted by Crippen LogP contribution is -2.22. The smallest absolute Gasteiger partial charge is 0.123 e. The van der Waals surface area contributed by atoms with Gasteiger partial charge in [0.15, 0.2) is 0 Å². The van der Waals surface area contributed by atoms with Gasteiger partial charge in [-0.15, -0.1) is 0 Å². The SMILES string of the molecule is CNC(c1cc(C)cc(F)c1)C1C2C3CCC(C3)C21. The lowest BCUT2D eigenvalue weighted by Gasteiger charge is -2.21. The molecule has 19 heavy (non-hydrogen) atoms. The Morgan fingerprint density at radius 3 is 2.42 bits per heavy atom. The number of fused-ring (bicyclic) bond motifs is 5. The maximum Gasteiger partial charge on any atom is 0.123 e. The molecule has 3 aliphatic carbocycles. The van der Waals surface area contributed by atoms with Crippen LogP contribution in [0.4, 0.5) is 4.39 Å². The first kappa shape index (κ1) is 11.9. The van der Waals surface area contributed by atoms with Crippen LogP contribution in [0.1, 0.15) is 36.4 Å². The number of benzene rings is 1. The lowest BCUT2D eigenvalue weighted by molar-refractivity contribution is 0.384. The van der Waals surface area contributed by atoms with Crippen LogP contribution in [0.15, 0.2) is 18.2 Å². The molecule has 2 bridgehead atoms. The second-order valence-corrected chi connectivity index (χ2v) is 6.89. The summed E-state index contributed by atoms with van der Waals surface area (Å²) in [6, 6.07) is 5.85. The number of nitrogens with one attached hydrogen (secondary N) is 1. The van der Waals surface area contributed by atoms with Gasteiger partial charge in [-0.05, 0) is 86.1 Å². The van der Waals surface area contributed by atoms with Crippen molar-refractivity contribution in [3.8, 4) is 0 Å². The largest absolute Gasteiger partial charge is 0.313 e. The molecule has 3 fully saturated rings. The average Bonchev–Trinajstić information content (AvgIpc) is 2.79. The van der Waals surface area contributed by atoms with Gasteiger partial charge < -0.3 is 5.32 Å². The Kier molecular flexibility index (Phi) is 2.54. The summed E-state index contributed by atoms with van der Waals surface area (Å²) in [5.74, 6) is 4.48. The van der Waals surface area contributed by atoms with Crippen molar-refractivity contribution in [3.63, 3.8) is 0 Å². The number of rotatable bonds is 3. The van der Waals surface area contributed by atoms with E-state index in [-0.39, 0.29) is 5.82 Å². The Bertz CT molecular complexity index is 476. The normalized spacial score (nSPS) is 40.3. The number of aryl methyl sites for hydroxylation is 1. The molecule has 0 aliphatic heterocycles. The van der Waals surface area contributed by atoms with Crippen LogP contribution in [0, 0.1) is 42.3 Å². The van der Waals surface area contributed by atoms with Gasteiger partial charge in [0.25, 0.3) is 0 Å². The van der Waals surface area contributed by atoms with Gasteiger partial charge in [0.2, 0.25) is 0 Å². The molecule has 4 rings (SSSR count). The van der Waals surface area contributed by atoms with E-state index in [0.29, 0.717) is 6.04 Å². The monoisotopic (exact) mass is 259 g/mol. The predicted molar refractivity (Wildman–Crippen MR) is 74.2 cm³/mol. The molecule has 0 saturated heterocycles. The minimum absolute atomic E-state index is 0.0935. The van der Waals surface area contributed by atoms with Gasteiger partial charge in [-0.1, -0.05) is 6.07 Å². The average molecular weight is 259 g/mol. The minimum Gasteiger partial charge on any atom is -0.313 e. The van der Waals surface area contributed by atoms with Gasteiger partial charge in [0.05, 0.1) is 0 Å². The van der Waals surface area contributed by atoms with E-state index in [1.807, 2.05) is 14.0 Å². The first-order valence-corrected chi connectivity index (χ1v) is 7.63. The zero-order chi connectivity index (χ0) is 13.1. The molecular weight excluding hydrogens is 237 g/mol. The highest BCUT2D eigenvalue weighted by Crippen LogP contribution is 2.72. The maximum absolute atomic E-state index is 13.6. The molecule has 0 radical (unpaired) electrons. The molecule has 0 heterocycles. The molecule has 1 aromatic carbocycles. The molecule has 1 nitrogen and oxygen atoms in total. The van der Waals surface area contributed by atoms with Crippen molar-refractivity contribution >= 4 is 0 Å². The second kappa shape index (κ2) is 4.05. The van der Waals surface area contributed by atoms with E-state index in [2.05, 4.69) is 11.4 Å². The molecule has 102 valence electrons. The molecule has 0 aromatic heterocycles. The first-order chi connectivity index (χ1) is 9.19. The van der Waals surface area contributed by atoms with Crippen molar-refractivity contribution in [2.45, 2.75) is 32.2 Å². The molecule has 2 heteroatoms. The summed E-state index contributed by atoms with van der Waals surface area (Å²) in [4.78, 5) is 0. The highest BCUT2D eigenvalue weighted by molar-refractivity contribution is 5.30. The van der Waals surface area contributed by atoms with E-state index < -0.39 is 0 Å². The third-order valence-corrected chi connectivity index (χ3v) is 5.91. The summed E-state index contributed by atoms with van der Waals surface area (Å²) in [6.07, 6.45) is 4.37. The van der Waals surface area contributed by atoms with Crippen LogP contribution in [0.5, 0.6) is 0 Å². The van der Waals surface area contributed by atoms with E-state index in [1.54, 1.807) is 12.1 Å². The first-order valence-electron chi connectivity index (χ1n) is 7.63. The van der Waals surface area contributed by atoms with Gasteiger partial charge >= 0.3 is 0 Å². The Morgan fingerprint density at radius 2 is 1.84 bits per heavy atom. The van der Waals surface area contributed by atoms with E-state index in [4.69, 9.17) is 0 Å². The van der Waals surface area contributed by atoms with Crippen LogP contribution < -0.4 is 5.32 Å². The Balaban J connectivity index is 1.62. The Morgan fingerprint density at radius 1 is 1.16 bits per heavy atom. The van der Waals surface area contributed by atoms with Gasteiger partial charge in [-0.2, -0.15) is 0 Å². The molecular formula is C17H22FN. The summed E-state index contributed by atoms with van der Waals surface area (Å²) in [6.45, 7) is 1.98. The zero-order valence-corrected chi connectivity index (χ0v) is 11.7. The van der Waals surface area contributed by atoms with Crippen molar-refractivity contribution in [1.82, 2.24) is 5.32 Å². The van der Waals surface area contributed by atoms with Gasteiger partial charge in [-0.3, -0.25) is 0 Å². The molecule has 0 amide bonds. The molecule has 1 N–H and O–H groups in total. The van der Waals surface area contributed by atoms with Crippen LogP contribution >= 0.6 is 0 Å². The number of hydrogen-bond acceptors (Lipinski definition) is 1. The highest BCUT2D eigenvalue weighted by atomic mass is 19.1. The standard InChI is InChI=1S/C17H22FN/c1-9-5-12(8-13(18)6-9)17(19-2)16-14-10-3-4-11(7-10)15(14)16/h5-6,8,10-11,14-17,19H,3-4,7H2,1-2H3. The zero-order valence-electron chi connectivity index (χ0n) is 11.7. The van der Waals surface area contributed by atoms with Crippen molar-refractivity contribution in [1.29, 1.82) is 0 Å². The summed E-state index contributed by atoms with van der Waals surface area (Å²) < 4.78 is 13.6. The van der Waals surface area contributed by atoms with Crippen molar-refractivity contribution in [3.05, 3.63) is 35.1 Å². The number of halogens is 1. The third kappa shape index (κ3) is 1.69. The summed E-state index contributed by atoms with van der Waals surface area (Å²) in [5, 5.41) is 3.47. The van der Waals surface area contributed by atoms with Crippen molar-refractivity contribution < 1.29 is 4.39 Å². The molecule has 3 saturated carbocycles. The molecule has 5 atom stereocenters. The Hall–Kier alpha value is -0.890. The minimum atomic E-state index is -0.0935. The fourth-order valence-electron chi connectivity index (χ4n) is 5.36. The summed E-state index contributed by atoms with van der Waals surface area (Å²) in [5.41, 5.74) is 2.18. The molecule has 0 spiro atoms. The van der Waals surface area contributed by atoms with Crippen LogP contribution in [0.3, 0.4) is 0 Å². The lowest BCUT2D eigenvalue weighted by atomic mass is 9.92. The van der Waals surface area contributed by atoms with Crippen LogP contribution in [0.25, 0.3) is 0 Å². The fraction of sp³-hybridized carbons (Fsp3) is 0.647. The molecule has 1 aromatic rings. The van der Waals surface area contributed by atoms with E-state index in [0.717, 1.165) is 40.7 Å². The van der Waals surface area contributed by atoms with Gasteiger partial charge in [0.1, 0.15) is 5.82 Å². The van der Waals surface area contributed by atoms with E-state index in [9.17, 15) is 4.39 Å². The summed E-state index contributed by atoms with van der Waals surface area (Å²) in [7, 11) is 2.03. The maximum atomic E-state index is 13.6. The topological polar surface area (TPSA) is 12.0 Å². The van der Waals surface area contributed by atoms with Crippen LogP contribution in [-0.4, -0.2) is 7.05 Å². The van der Waals surface area contributed by atoms with Crippen molar-refractivity contribution in [2.24, 2.45) is 29.6 Å². The predicted octanol–water partition coefficient (Wildman–Crippen LogP) is 3.69. The van der Waals surface area contributed by atoms with Crippen LogP contribution in [-0.2, 0) is 0 Å². The fourth-order valence-corrected chi connectivity index (χ4v) is 5.36. The van der Waals surface area contributed by atoms with E-state index in [1.165, 1.54) is 19.3 Å². The number of hydrogen-bond donors (Lipinski definition) is 1. The van der Waals surface area contributed by atoms with Crippen molar-refractivity contribution in [2.75, 3.05) is 7.05 Å². The highest BCUT2D eigenvalue weighted by Gasteiger charge is 2.66. The van der Waals surface area contributed by atoms with Gasteiger partial charge in [0, 0.05) is 6.04 Å². The van der Waals surface area contributed by atoms with Gasteiger partial charge in [-0.25, -0.2) is 4.39 Å². The van der Waals surface area contributed by atoms with E-state index >= 15 is 0 Å². The third-order valence-electron chi connectivity index (χ3n) is 5.91. The molecule has 3 aliphatic rings. The quantitative estimate of drug-likeness (QED) is 0.873. The summed E-state index contributed by atoms with van der Waals surface area (Å²) >= 11 is 0. The molecule has 5 unspecified atom stereocenters. The second-order valence-electron chi connectivity index (χ2n) is 6.89. The van der Waals surface area contributed by atoms with Crippen LogP contribution in [0.2, 0.25) is 0 Å².